The Labute approximate surface area is 136 Å². The molecule has 0 spiro atoms. The minimum Gasteiger partial charge on any atom is -0.437 e. The van der Waals surface area contributed by atoms with Gasteiger partial charge in [-0.15, -0.1) is 0 Å². The molecule has 0 aromatic carbocycles. The van der Waals surface area contributed by atoms with Crippen LogP contribution in [-0.2, 0) is 17.1 Å². The lowest BCUT2D eigenvalue weighted by Gasteiger charge is -2.35. The number of hydrogen-bond donors (Lipinski definition) is 0. The van der Waals surface area contributed by atoms with Crippen LogP contribution in [0, 0.1) is 0 Å². The van der Waals surface area contributed by atoms with Crippen molar-refractivity contribution in [2.45, 2.75) is 71.8 Å². The van der Waals surface area contributed by atoms with Crippen molar-refractivity contribution in [2.24, 2.45) is 0 Å². The number of hydrogen-bond acceptors (Lipinski definition) is 4. The van der Waals surface area contributed by atoms with E-state index in [1.54, 1.807) is 0 Å². The SMILES string of the molecule is CCOCCC[Si](O[Si](C)(C)C)O[Si](C)(C)O[Si](C)(C)C. The zero-order valence-corrected chi connectivity index (χ0v) is 19.5. The van der Waals surface area contributed by atoms with E-state index in [2.05, 4.69) is 52.4 Å². The predicted molar refractivity (Wildman–Crippen MR) is 99.1 cm³/mol. The molecule has 0 unspecified atom stereocenters. The van der Waals surface area contributed by atoms with Crippen LogP contribution >= 0.6 is 0 Å². The monoisotopic (exact) mass is 367 g/mol. The largest absolute Gasteiger partial charge is 0.437 e. The van der Waals surface area contributed by atoms with Crippen LogP contribution in [0.2, 0.25) is 58.4 Å². The van der Waals surface area contributed by atoms with Crippen LogP contribution in [0.15, 0.2) is 0 Å². The second kappa shape index (κ2) is 9.11. The Balaban J connectivity index is 4.57. The first kappa shape index (κ1) is 21.7. The Kier molecular flexibility index (Phi) is 9.42. The normalized spacial score (nSPS) is 14.0. The molecule has 0 heterocycles. The molecule has 8 heteroatoms. The van der Waals surface area contributed by atoms with E-state index in [-0.39, 0.29) is 0 Å². The summed E-state index contributed by atoms with van der Waals surface area (Å²) in [5.74, 6) is 0. The maximum atomic E-state index is 6.38. The Morgan fingerprint density at radius 3 is 1.81 bits per heavy atom. The smallest absolute Gasteiger partial charge is 0.364 e. The van der Waals surface area contributed by atoms with E-state index < -0.39 is 34.5 Å². The van der Waals surface area contributed by atoms with Crippen LogP contribution < -0.4 is 0 Å². The van der Waals surface area contributed by atoms with Crippen molar-refractivity contribution in [3.05, 3.63) is 0 Å². The minimum absolute atomic E-state index is 0.775. The summed E-state index contributed by atoms with van der Waals surface area (Å²) in [5.41, 5.74) is 0. The molecular formula is C13H35O4Si4. The average molecular weight is 368 g/mol. The highest BCUT2D eigenvalue weighted by molar-refractivity contribution is 6.85. The third kappa shape index (κ3) is 14.1. The second-order valence-electron chi connectivity index (χ2n) is 7.60. The van der Waals surface area contributed by atoms with Gasteiger partial charge in [-0.25, -0.2) is 0 Å². The van der Waals surface area contributed by atoms with E-state index in [9.17, 15) is 0 Å². The molecule has 0 atom stereocenters. The summed E-state index contributed by atoms with van der Waals surface area (Å²) in [6.45, 7) is 21.2. The molecule has 0 saturated carbocycles. The Hall–Kier alpha value is 0.708. The van der Waals surface area contributed by atoms with Crippen LogP contribution in [0.3, 0.4) is 0 Å². The molecule has 0 aliphatic heterocycles. The molecule has 0 aliphatic carbocycles. The molecule has 0 aromatic heterocycles. The highest BCUT2D eigenvalue weighted by Crippen LogP contribution is 2.20. The van der Waals surface area contributed by atoms with E-state index in [4.69, 9.17) is 17.1 Å². The maximum Gasteiger partial charge on any atom is 0.364 e. The van der Waals surface area contributed by atoms with Crippen molar-refractivity contribution < 1.29 is 17.1 Å². The molecule has 0 aliphatic rings. The summed E-state index contributed by atoms with van der Waals surface area (Å²) in [4.78, 5) is 0. The number of rotatable bonds is 11. The van der Waals surface area contributed by atoms with E-state index >= 15 is 0 Å². The summed E-state index contributed by atoms with van der Waals surface area (Å²) in [5, 5.41) is 0. The lowest BCUT2D eigenvalue weighted by molar-refractivity contribution is 0.147. The minimum atomic E-state index is -2.11. The molecule has 0 rings (SSSR count). The molecule has 21 heavy (non-hydrogen) atoms. The van der Waals surface area contributed by atoms with Crippen molar-refractivity contribution in [3.8, 4) is 0 Å². The van der Waals surface area contributed by atoms with Gasteiger partial charge in [-0.3, -0.25) is 0 Å². The molecule has 4 nitrogen and oxygen atoms in total. The summed E-state index contributed by atoms with van der Waals surface area (Å²) >= 11 is 0. The van der Waals surface area contributed by atoms with Gasteiger partial charge in [0.2, 0.25) is 0 Å². The van der Waals surface area contributed by atoms with Crippen molar-refractivity contribution >= 4 is 34.5 Å². The van der Waals surface area contributed by atoms with E-state index in [0.717, 1.165) is 25.7 Å². The Morgan fingerprint density at radius 1 is 0.810 bits per heavy atom. The third-order valence-electron chi connectivity index (χ3n) is 2.21. The van der Waals surface area contributed by atoms with Gasteiger partial charge in [0.15, 0.2) is 16.6 Å². The lowest BCUT2D eigenvalue weighted by atomic mass is 10.5. The van der Waals surface area contributed by atoms with Gasteiger partial charge in [-0.05, 0) is 71.8 Å². The standard InChI is InChI=1S/C13H35O4Si4/c1-10-14-12-11-13-18(15-19(2,3)4)16-21(8,9)17-20(5,6)7/h10-13H2,1-9H3. The Bertz CT molecular complexity index is 287. The van der Waals surface area contributed by atoms with E-state index in [1.807, 2.05) is 6.92 Å². The fourth-order valence-corrected chi connectivity index (χ4v) is 15.1. The zero-order chi connectivity index (χ0) is 16.7. The first-order chi connectivity index (χ1) is 9.35. The van der Waals surface area contributed by atoms with E-state index in [0.29, 0.717) is 0 Å². The number of ether oxygens (including phenoxy) is 1. The van der Waals surface area contributed by atoms with Crippen LogP contribution in [0.25, 0.3) is 0 Å². The maximum absolute atomic E-state index is 6.38. The van der Waals surface area contributed by atoms with Crippen molar-refractivity contribution in [3.63, 3.8) is 0 Å². The van der Waals surface area contributed by atoms with Crippen LogP contribution in [0.1, 0.15) is 13.3 Å². The molecule has 0 aromatic rings. The van der Waals surface area contributed by atoms with Crippen LogP contribution in [-0.4, -0.2) is 47.7 Å². The highest BCUT2D eigenvalue weighted by Gasteiger charge is 2.37. The molecule has 0 fully saturated rings. The van der Waals surface area contributed by atoms with Gasteiger partial charge >= 0.3 is 17.8 Å². The van der Waals surface area contributed by atoms with Crippen LogP contribution in [0.5, 0.6) is 0 Å². The highest BCUT2D eigenvalue weighted by atomic mass is 28.5. The molecule has 0 bridgehead atoms. The van der Waals surface area contributed by atoms with Crippen molar-refractivity contribution in [2.75, 3.05) is 13.2 Å². The molecule has 1 radical (unpaired) electrons. The summed E-state index contributed by atoms with van der Waals surface area (Å²) in [7, 11) is -6.54. The Morgan fingerprint density at radius 2 is 1.38 bits per heavy atom. The first-order valence-corrected chi connectivity index (χ1v) is 19.0. The predicted octanol–water partition coefficient (Wildman–Crippen LogP) is 4.32. The summed E-state index contributed by atoms with van der Waals surface area (Å²) in [6, 6.07) is 0.973. The van der Waals surface area contributed by atoms with Crippen molar-refractivity contribution in [1.82, 2.24) is 0 Å². The zero-order valence-electron chi connectivity index (χ0n) is 15.5. The molecule has 0 amide bonds. The molecular weight excluding hydrogens is 332 g/mol. The summed E-state index contributed by atoms with van der Waals surface area (Å²) < 4.78 is 24.4. The first-order valence-electron chi connectivity index (χ1n) is 7.86. The fraction of sp³-hybridized carbons (Fsp3) is 1.00. The van der Waals surface area contributed by atoms with Gasteiger partial charge in [0.1, 0.15) is 0 Å². The van der Waals surface area contributed by atoms with Gasteiger partial charge in [-0.2, -0.15) is 0 Å². The van der Waals surface area contributed by atoms with Gasteiger partial charge in [0, 0.05) is 13.2 Å². The van der Waals surface area contributed by atoms with Crippen LogP contribution in [0.4, 0.5) is 0 Å². The third-order valence-corrected chi connectivity index (χ3v) is 13.6. The molecule has 0 N–H and O–H groups in total. The molecule has 0 saturated heterocycles. The molecule has 127 valence electrons. The summed E-state index contributed by atoms with van der Waals surface area (Å²) in [6.07, 6.45) is 1.00. The van der Waals surface area contributed by atoms with Gasteiger partial charge in [0.25, 0.3) is 0 Å². The topological polar surface area (TPSA) is 36.9 Å². The van der Waals surface area contributed by atoms with E-state index in [1.165, 1.54) is 0 Å². The quantitative estimate of drug-likeness (QED) is 0.402. The second-order valence-corrected chi connectivity index (χ2v) is 22.5. The lowest BCUT2D eigenvalue weighted by Crippen LogP contribution is -2.50. The van der Waals surface area contributed by atoms with Gasteiger partial charge in [0.05, 0.1) is 0 Å². The van der Waals surface area contributed by atoms with Gasteiger partial charge < -0.3 is 17.1 Å². The fourth-order valence-electron chi connectivity index (χ4n) is 1.96. The van der Waals surface area contributed by atoms with Gasteiger partial charge in [-0.1, -0.05) is 0 Å². The average Bonchev–Trinajstić information content (AvgIpc) is 2.17. The van der Waals surface area contributed by atoms with Crippen molar-refractivity contribution in [1.29, 1.82) is 0 Å².